The molecule has 0 saturated carbocycles. The van der Waals surface area contributed by atoms with Gasteiger partial charge in [-0.25, -0.2) is 4.79 Å². The van der Waals surface area contributed by atoms with Gasteiger partial charge in [-0.15, -0.1) is 23.5 Å². The highest BCUT2D eigenvalue weighted by molar-refractivity contribution is 8.25. The molecule has 1 aromatic carbocycles. The Hall–Kier alpha value is -1.66. The molecule has 1 aliphatic heterocycles. The minimum Gasteiger partial charge on any atom is -0.493 e. The summed E-state index contributed by atoms with van der Waals surface area (Å²) < 4.78 is 12.2. The standard InChI is InChI=1S/C22H26O4S2/c1-3-19(23)26-11-7-5-4-6-10-25-18-9-8-15(2)20-16(18)14-17(21(20)24)22-27-12-13-28-22/h3,8-9H,1,4-7,10-14H2,2H3. The molecule has 0 aromatic heterocycles. The summed E-state index contributed by atoms with van der Waals surface area (Å²) in [5, 5.41) is 0. The molecule has 1 heterocycles. The lowest BCUT2D eigenvalue weighted by Gasteiger charge is -2.11. The second kappa shape index (κ2) is 10.2. The largest absolute Gasteiger partial charge is 0.493 e. The molecule has 0 unspecified atom stereocenters. The Morgan fingerprint density at radius 3 is 2.57 bits per heavy atom. The maximum atomic E-state index is 12.9. The SMILES string of the molecule is C=CC(=O)OCCCCCCOc1ccc(C)c2c1CC(=C1SCCS1)C2=O. The van der Waals surface area contributed by atoms with Gasteiger partial charge in [-0.3, -0.25) is 4.79 Å². The van der Waals surface area contributed by atoms with Crippen LogP contribution in [-0.2, 0) is 16.0 Å². The van der Waals surface area contributed by atoms with E-state index in [0.717, 1.165) is 65.2 Å². The molecular formula is C22H26O4S2. The number of esters is 1. The second-order valence-corrected chi connectivity index (χ2v) is 9.31. The number of Topliss-reactive ketones (excluding diaryl/α,β-unsaturated/α-hetero) is 1. The average Bonchev–Trinajstić information content (AvgIpc) is 3.33. The van der Waals surface area contributed by atoms with Crippen molar-refractivity contribution in [1.29, 1.82) is 0 Å². The number of carbonyl (C=O) groups is 2. The van der Waals surface area contributed by atoms with E-state index in [4.69, 9.17) is 9.47 Å². The smallest absolute Gasteiger partial charge is 0.330 e. The van der Waals surface area contributed by atoms with Gasteiger partial charge in [0.25, 0.3) is 0 Å². The van der Waals surface area contributed by atoms with Crippen molar-refractivity contribution in [2.24, 2.45) is 0 Å². The molecule has 0 radical (unpaired) electrons. The monoisotopic (exact) mass is 418 g/mol. The second-order valence-electron chi connectivity index (χ2n) is 6.84. The first-order valence-corrected chi connectivity index (χ1v) is 11.7. The number of fused-ring (bicyclic) bond motifs is 1. The molecule has 4 nitrogen and oxygen atoms in total. The van der Waals surface area contributed by atoms with Gasteiger partial charge in [0, 0.05) is 44.9 Å². The quantitative estimate of drug-likeness (QED) is 0.316. The summed E-state index contributed by atoms with van der Waals surface area (Å²) in [4.78, 5) is 23.9. The number of ether oxygens (including phenoxy) is 2. The van der Waals surface area contributed by atoms with Crippen molar-refractivity contribution in [3.63, 3.8) is 0 Å². The van der Waals surface area contributed by atoms with Crippen LogP contribution >= 0.6 is 23.5 Å². The fourth-order valence-corrected chi connectivity index (χ4v) is 5.95. The van der Waals surface area contributed by atoms with E-state index in [2.05, 4.69) is 6.58 Å². The minimum atomic E-state index is -0.366. The molecule has 28 heavy (non-hydrogen) atoms. The molecule has 0 N–H and O–H groups in total. The number of allylic oxidation sites excluding steroid dienone is 1. The summed E-state index contributed by atoms with van der Waals surface area (Å²) in [6, 6.07) is 3.99. The number of unbranched alkanes of at least 4 members (excludes halogenated alkanes) is 3. The van der Waals surface area contributed by atoms with Crippen molar-refractivity contribution in [3.05, 3.63) is 51.3 Å². The first kappa shape index (κ1) is 21.1. The van der Waals surface area contributed by atoms with E-state index >= 15 is 0 Å². The molecular weight excluding hydrogens is 392 g/mol. The average molecular weight is 419 g/mol. The van der Waals surface area contributed by atoms with Crippen LogP contribution in [-0.4, -0.2) is 36.5 Å². The van der Waals surface area contributed by atoms with Gasteiger partial charge in [0.15, 0.2) is 5.78 Å². The minimum absolute atomic E-state index is 0.184. The predicted molar refractivity (Wildman–Crippen MR) is 116 cm³/mol. The summed E-state index contributed by atoms with van der Waals surface area (Å²) in [5.41, 5.74) is 3.88. The van der Waals surface area contributed by atoms with Crippen molar-refractivity contribution in [1.82, 2.24) is 0 Å². The van der Waals surface area contributed by atoms with Crippen LogP contribution in [0.5, 0.6) is 5.75 Å². The van der Waals surface area contributed by atoms with Crippen LogP contribution in [0.2, 0.25) is 0 Å². The highest BCUT2D eigenvalue weighted by Gasteiger charge is 2.33. The Morgan fingerprint density at radius 1 is 1.14 bits per heavy atom. The molecule has 0 spiro atoms. The molecule has 0 bridgehead atoms. The lowest BCUT2D eigenvalue weighted by molar-refractivity contribution is -0.137. The molecule has 1 aromatic rings. The fourth-order valence-electron chi connectivity index (χ4n) is 3.40. The van der Waals surface area contributed by atoms with Crippen molar-refractivity contribution >= 4 is 35.3 Å². The molecule has 1 fully saturated rings. The Bertz CT molecular complexity index is 790. The number of ketones is 1. The van der Waals surface area contributed by atoms with Gasteiger partial charge >= 0.3 is 5.97 Å². The van der Waals surface area contributed by atoms with Crippen LogP contribution in [0.25, 0.3) is 0 Å². The molecule has 2 aliphatic rings. The van der Waals surface area contributed by atoms with Crippen LogP contribution in [0.15, 0.2) is 34.6 Å². The number of carbonyl (C=O) groups excluding carboxylic acids is 2. The van der Waals surface area contributed by atoms with Crippen molar-refractivity contribution in [2.75, 3.05) is 24.7 Å². The lowest BCUT2D eigenvalue weighted by atomic mass is 10.0. The van der Waals surface area contributed by atoms with Gasteiger partial charge in [0.2, 0.25) is 0 Å². The zero-order valence-corrected chi connectivity index (χ0v) is 17.9. The zero-order chi connectivity index (χ0) is 19.9. The Morgan fingerprint density at radius 2 is 1.86 bits per heavy atom. The first-order chi connectivity index (χ1) is 13.6. The molecule has 150 valence electrons. The molecule has 0 amide bonds. The van der Waals surface area contributed by atoms with Crippen LogP contribution in [0.1, 0.15) is 47.2 Å². The van der Waals surface area contributed by atoms with E-state index < -0.39 is 0 Å². The van der Waals surface area contributed by atoms with Crippen LogP contribution in [0, 0.1) is 6.92 Å². The van der Waals surface area contributed by atoms with E-state index in [-0.39, 0.29) is 11.8 Å². The number of thioether (sulfide) groups is 2. The highest BCUT2D eigenvalue weighted by Crippen LogP contribution is 2.45. The lowest BCUT2D eigenvalue weighted by Crippen LogP contribution is -2.03. The normalized spacial score (nSPS) is 15.7. The summed E-state index contributed by atoms with van der Waals surface area (Å²) in [6.07, 6.45) is 5.66. The van der Waals surface area contributed by atoms with E-state index in [1.54, 1.807) is 23.5 Å². The zero-order valence-electron chi connectivity index (χ0n) is 16.3. The highest BCUT2D eigenvalue weighted by atomic mass is 32.2. The molecule has 0 atom stereocenters. The van der Waals surface area contributed by atoms with Gasteiger partial charge < -0.3 is 9.47 Å². The third kappa shape index (κ3) is 5.03. The van der Waals surface area contributed by atoms with Gasteiger partial charge in [0.05, 0.1) is 13.2 Å². The van der Waals surface area contributed by atoms with E-state index in [1.165, 1.54) is 10.3 Å². The van der Waals surface area contributed by atoms with Crippen LogP contribution in [0.3, 0.4) is 0 Å². The first-order valence-electron chi connectivity index (χ1n) is 9.69. The topological polar surface area (TPSA) is 52.6 Å². The van der Waals surface area contributed by atoms with E-state index in [1.807, 2.05) is 19.1 Å². The predicted octanol–water partition coefficient (Wildman–Crippen LogP) is 5.09. The van der Waals surface area contributed by atoms with E-state index in [9.17, 15) is 9.59 Å². The maximum Gasteiger partial charge on any atom is 0.330 e. The number of aryl methyl sites for hydroxylation is 1. The summed E-state index contributed by atoms with van der Waals surface area (Å²) in [6.45, 7) is 6.44. The molecule has 3 rings (SSSR count). The van der Waals surface area contributed by atoms with Crippen LogP contribution < -0.4 is 4.74 Å². The van der Waals surface area contributed by atoms with Gasteiger partial charge in [-0.1, -0.05) is 12.6 Å². The van der Waals surface area contributed by atoms with Crippen molar-refractivity contribution < 1.29 is 19.1 Å². The van der Waals surface area contributed by atoms with E-state index in [0.29, 0.717) is 19.6 Å². The number of hydrogen-bond donors (Lipinski definition) is 0. The summed E-state index contributed by atoms with van der Waals surface area (Å²) in [5.74, 6) is 2.83. The molecule has 1 saturated heterocycles. The summed E-state index contributed by atoms with van der Waals surface area (Å²) in [7, 11) is 0. The van der Waals surface area contributed by atoms with Crippen molar-refractivity contribution in [3.8, 4) is 5.75 Å². The number of rotatable bonds is 9. The maximum absolute atomic E-state index is 12.9. The van der Waals surface area contributed by atoms with Gasteiger partial charge in [-0.2, -0.15) is 0 Å². The molecule has 6 heteroatoms. The Labute approximate surface area is 175 Å². The number of hydrogen-bond acceptors (Lipinski definition) is 6. The Kier molecular flexibility index (Phi) is 7.68. The summed E-state index contributed by atoms with van der Waals surface area (Å²) >= 11 is 3.61. The van der Waals surface area contributed by atoms with Gasteiger partial charge in [0.1, 0.15) is 5.75 Å². The molecule has 1 aliphatic carbocycles. The Balaban J connectivity index is 1.50. The third-order valence-corrected chi connectivity index (χ3v) is 7.64. The third-order valence-electron chi connectivity index (χ3n) is 4.84. The van der Waals surface area contributed by atoms with Crippen LogP contribution in [0.4, 0.5) is 0 Å². The fraction of sp³-hybridized carbons (Fsp3) is 0.455. The number of benzene rings is 1. The van der Waals surface area contributed by atoms with Gasteiger partial charge in [-0.05, 0) is 44.2 Å². The van der Waals surface area contributed by atoms with Crippen molar-refractivity contribution in [2.45, 2.75) is 39.0 Å².